The van der Waals surface area contributed by atoms with Crippen molar-refractivity contribution < 1.29 is 28.6 Å². The molecule has 1 atom stereocenters. The summed E-state index contributed by atoms with van der Waals surface area (Å²) in [6.07, 6.45) is 91.7. The minimum atomic E-state index is -0.783. The average molecular weight is 1160 g/mol. The number of unbranched alkanes of at least 4 members (excludes halogenated alkanes) is 50. The van der Waals surface area contributed by atoms with Gasteiger partial charge in [0.05, 0.1) is 0 Å². The molecule has 0 spiro atoms. The van der Waals surface area contributed by atoms with Crippen molar-refractivity contribution in [2.75, 3.05) is 13.2 Å². The van der Waals surface area contributed by atoms with Gasteiger partial charge in [-0.05, 0) is 83.5 Å². The zero-order valence-corrected chi connectivity index (χ0v) is 56.0. The highest BCUT2D eigenvalue weighted by molar-refractivity contribution is 5.71. The lowest BCUT2D eigenvalue weighted by Gasteiger charge is -2.18. The second-order valence-corrected chi connectivity index (χ2v) is 25.2. The Balaban J connectivity index is 4.13. The topological polar surface area (TPSA) is 78.9 Å². The molecule has 83 heavy (non-hydrogen) atoms. The second kappa shape index (κ2) is 71.8. The van der Waals surface area contributed by atoms with E-state index in [-0.39, 0.29) is 31.1 Å². The number of esters is 3. The summed E-state index contributed by atoms with van der Waals surface area (Å²) in [5, 5.41) is 0. The maximum Gasteiger partial charge on any atom is 0.306 e. The fourth-order valence-electron chi connectivity index (χ4n) is 11.2. The van der Waals surface area contributed by atoms with Crippen molar-refractivity contribution in [3.63, 3.8) is 0 Å². The lowest BCUT2D eigenvalue weighted by atomic mass is 10.0. The van der Waals surface area contributed by atoms with Crippen LogP contribution in [0.15, 0.2) is 48.6 Å². The quantitative estimate of drug-likeness (QED) is 0.0261. The molecule has 0 radical (unpaired) electrons. The Hall–Kier alpha value is -2.63. The van der Waals surface area contributed by atoms with Gasteiger partial charge >= 0.3 is 17.9 Å². The molecular weight excluding hydrogens is 1020 g/mol. The van der Waals surface area contributed by atoms with Crippen molar-refractivity contribution in [2.45, 2.75) is 412 Å². The highest BCUT2D eigenvalue weighted by Crippen LogP contribution is 2.19. The molecular formula is C77H142O6. The molecule has 0 saturated heterocycles. The lowest BCUT2D eigenvalue weighted by molar-refractivity contribution is -0.167. The summed E-state index contributed by atoms with van der Waals surface area (Å²) in [6.45, 7) is 6.65. The van der Waals surface area contributed by atoms with Gasteiger partial charge in [0, 0.05) is 19.3 Å². The van der Waals surface area contributed by atoms with E-state index in [1.54, 1.807) is 0 Å². The Morgan fingerprint density at radius 3 is 0.723 bits per heavy atom. The fraction of sp³-hybridized carbons (Fsp3) is 0.857. The van der Waals surface area contributed by atoms with Crippen LogP contribution in [0.2, 0.25) is 0 Å². The van der Waals surface area contributed by atoms with Crippen LogP contribution in [0.25, 0.3) is 0 Å². The van der Waals surface area contributed by atoms with E-state index < -0.39 is 6.10 Å². The van der Waals surface area contributed by atoms with Gasteiger partial charge in [-0.15, -0.1) is 0 Å². The summed E-state index contributed by atoms with van der Waals surface area (Å²) in [5.41, 5.74) is 0. The van der Waals surface area contributed by atoms with Crippen LogP contribution in [0.3, 0.4) is 0 Å². The minimum absolute atomic E-state index is 0.0774. The van der Waals surface area contributed by atoms with E-state index in [9.17, 15) is 14.4 Å². The van der Waals surface area contributed by atoms with Crippen LogP contribution in [-0.2, 0) is 28.6 Å². The molecule has 0 aliphatic rings. The van der Waals surface area contributed by atoms with E-state index in [2.05, 4.69) is 69.4 Å². The van der Waals surface area contributed by atoms with E-state index in [0.29, 0.717) is 19.3 Å². The van der Waals surface area contributed by atoms with Gasteiger partial charge in [0.15, 0.2) is 6.10 Å². The van der Waals surface area contributed by atoms with Crippen LogP contribution in [0.1, 0.15) is 406 Å². The predicted octanol–water partition coefficient (Wildman–Crippen LogP) is 25.7. The largest absolute Gasteiger partial charge is 0.462 e. The van der Waals surface area contributed by atoms with E-state index in [4.69, 9.17) is 14.2 Å². The molecule has 0 N–H and O–H groups in total. The molecule has 0 aromatic carbocycles. The van der Waals surface area contributed by atoms with E-state index in [1.165, 1.54) is 276 Å². The van der Waals surface area contributed by atoms with Crippen molar-refractivity contribution in [3.05, 3.63) is 48.6 Å². The number of carbonyl (C=O) groups is 3. The highest BCUT2D eigenvalue weighted by atomic mass is 16.6. The molecule has 0 aromatic heterocycles. The van der Waals surface area contributed by atoms with Gasteiger partial charge < -0.3 is 14.2 Å². The third-order valence-electron chi connectivity index (χ3n) is 16.8. The van der Waals surface area contributed by atoms with Gasteiger partial charge in [-0.1, -0.05) is 352 Å². The summed E-state index contributed by atoms with van der Waals surface area (Å²) >= 11 is 0. The Labute approximate surface area is 518 Å². The monoisotopic (exact) mass is 1160 g/mol. The molecule has 6 nitrogen and oxygen atoms in total. The van der Waals surface area contributed by atoms with Gasteiger partial charge in [0.25, 0.3) is 0 Å². The Morgan fingerprint density at radius 1 is 0.241 bits per heavy atom. The molecule has 0 saturated carbocycles. The number of ether oxygens (including phenoxy) is 3. The summed E-state index contributed by atoms with van der Waals surface area (Å²) in [4.78, 5) is 38.4. The molecule has 0 aliphatic carbocycles. The van der Waals surface area contributed by atoms with Crippen LogP contribution in [0, 0.1) is 0 Å². The standard InChI is InChI=1S/C77H142O6/c1-4-7-10-13-16-19-22-25-27-29-31-32-33-34-35-36-37-38-39-40-41-42-43-44-46-47-49-52-55-58-61-64-67-70-76(79)82-73-74(72-81-75(78)69-66-63-60-57-54-51-24-21-18-15-12-9-6-3)83-77(80)71-68-65-62-59-56-53-50-48-45-30-28-26-23-20-17-14-11-8-5-2/h17,20-21,24,26,28,45,48,74H,4-16,18-19,22-23,25,27,29-44,46-47,49-73H2,1-3H3/b20-17-,24-21-,28-26-,48-45-. The van der Waals surface area contributed by atoms with Crippen LogP contribution >= 0.6 is 0 Å². The lowest BCUT2D eigenvalue weighted by Crippen LogP contribution is -2.30. The van der Waals surface area contributed by atoms with Crippen molar-refractivity contribution in [1.29, 1.82) is 0 Å². The molecule has 1 unspecified atom stereocenters. The Kier molecular flexibility index (Phi) is 69.6. The first kappa shape index (κ1) is 80.4. The summed E-state index contributed by atoms with van der Waals surface area (Å²) in [6, 6.07) is 0. The third kappa shape index (κ3) is 70.0. The SMILES string of the molecule is CCCCC/C=C\C/C=C\C/C=C\CCCCCCCCC(=O)OC(COC(=O)CCCCCCC/C=C\CCCCCC)COC(=O)CCCCCCCCCCCCCCCCCCCCCCCCCCCCCCCCCCC. The van der Waals surface area contributed by atoms with Crippen LogP contribution in [0.5, 0.6) is 0 Å². The zero-order chi connectivity index (χ0) is 59.9. The van der Waals surface area contributed by atoms with Crippen LogP contribution < -0.4 is 0 Å². The number of hydrogen-bond acceptors (Lipinski definition) is 6. The van der Waals surface area contributed by atoms with Gasteiger partial charge in [0.2, 0.25) is 0 Å². The third-order valence-corrected chi connectivity index (χ3v) is 16.8. The van der Waals surface area contributed by atoms with Crippen LogP contribution in [0.4, 0.5) is 0 Å². The van der Waals surface area contributed by atoms with Gasteiger partial charge in [-0.25, -0.2) is 0 Å². The van der Waals surface area contributed by atoms with Crippen molar-refractivity contribution >= 4 is 17.9 Å². The first-order chi connectivity index (χ1) is 41.0. The normalized spacial score (nSPS) is 12.3. The van der Waals surface area contributed by atoms with E-state index in [0.717, 1.165) is 89.9 Å². The molecule has 0 fully saturated rings. The maximum atomic E-state index is 12.9. The van der Waals surface area contributed by atoms with Gasteiger partial charge in [0.1, 0.15) is 13.2 Å². The predicted molar refractivity (Wildman–Crippen MR) is 362 cm³/mol. The number of hydrogen-bond donors (Lipinski definition) is 0. The van der Waals surface area contributed by atoms with E-state index >= 15 is 0 Å². The summed E-state index contributed by atoms with van der Waals surface area (Å²) in [5.74, 6) is -0.875. The smallest absolute Gasteiger partial charge is 0.306 e. The molecule has 6 heteroatoms. The van der Waals surface area contributed by atoms with Crippen molar-refractivity contribution in [2.24, 2.45) is 0 Å². The summed E-state index contributed by atoms with van der Waals surface area (Å²) in [7, 11) is 0. The average Bonchev–Trinajstić information content (AvgIpc) is 3.49. The number of rotatable bonds is 69. The van der Waals surface area contributed by atoms with Gasteiger partial charge in [-0.2, -0.15) is 0 Å². The first-order valence-electron chi connectivity index (χ1n) is 37.1. The first-order valence-corrected chi connectivity index (χ1v) is 37.1. The van der Waals surface area contributed by atoms with Crippen LogP contribution in [-0.4, -0.2) is 37.2 Å². The highest BCUT2D eigenvalue weighted by Gasteiger charge is 2.19. The molecule has 0 rings (SSSR count). The fourth-order valence-corrected chi connectivity index (χ4v) is 11.2. The molecule has 0 heterocycles. The minimum Gasteiger partial charge on any atom is -0.462 e. The van der Waals surface area contributed by atoms with E-state index in [1.807, 2.05) is 0 Å². The van der Waals surface area contributed by atoms with Crippen molar-refractivity contribution in [1.82, 2.24) is 0 Å². The van der Waals surface area contributed by atoms with Crippen molar-refractivity contribution in [3.8, 4) is 0 Å². The molecule has 486 valence electrons. The molecule has 0 aromatic rings. The molecule has 0 amide bonds. The van der Waals surface area contributed by atoms with Gasteiger partial charge in [-0.3, -0.25) is 14.4 Å². The second-order valence-electron chi connectivity index (χ2n) is 25.2. The Morgan fingerprint density at radius 2 is 0.434 bits per heavy atom. The molecule has 0 bridgehead atoms. The Bertz CT molecular complexity index is 1430. The number of carbonyl (C=O) groups excluding carboxylic acids is 3. The summed E-state index contributed by atoms with van der Waals surface area (Å²) < 4.78 is 17.0. The number of allylic oxidation sites excluding steroid dienone is 8. The maximum absolute atomic E-state index is 12.9. The zero-order valence-electron chi connectivity index (χ0n) is 56.0. The molecule has 0 aliphatic heterocycles.